The number of sulfonamides is 1. The predicted molar refractivity (Wildman–Crippen MR) is 75.4 cm³/mol. The first-order valence-electron chi connectivity index (χ1n) is 5.79. The first-order chi connectivity index (χ1) is 8.38. The maximum Gasteiger partial charge on any atom is 0.208 e. The minimum atomic E-state index is -3.07. The van der Waals surface area contributed by atoms with Crippen molar-refractivity contribution in [1.82, 2.24) is 10.0 Å². The molecule has 4 nitrogen and oxygen atoms in total. The molecule has 2 N–H and O–H groups in total. The van der Waals surface area contributed by atoms with Gasteiger partial charge in [0, 0.05) is 18.1 Å². The van der Waals surface area contributed by atoms with Gasteiger partial charge >= 0.3 is 0 Å². The van der Waals surface area contributed by atoms with E-state index in [-0.39, 0.29) is 0 Å². The van der Waals surface area contributed by atoms with E-state index >= 15 is 0 Å². The molecule has 0 radical (unpaired) electrons. The second-order valence-electron chi connectivity index (χ2n) is 4.29. The van der Waals surface area contributed by atoms with Crippen molar-refractivity contribution in [3.8, 4) is 0 Å². The Hall–Kier alpha value is -0.620. The molecule has 0 unspecified atom stereocenters. The fourth-order valence-electron chi connectivity index (χ4n) is 1.49. The Bertz CT molecular complexity index is 489. The molecule has 0 fully saturated rings. The molecule has 0 aliphatic heterocycles. The van der Waals surface area contributed by atoms with Gasteiger partial charge in [0.05, 0.1) is 6.26 Å². The Kier molecular flexibility index (Phi) is 6.08. The molecule has 1 aromatic rings. The minimum absolute atomic E-state index is 0.452. The highest BCUT2D eigenvalue weighted by Crippen LogP contribution is 2.17. The Morgan fingerprint density at radius 3 is 2.61 bits per heavy atom. The number of halogens is 1. The molecular weight excluding hydrogens is 272 g/mol. The molecule has 0 saturated heterocycles. The van der Waals surface area contributed by atoms with Crippen molar-refractivity contribution in [1.29, 1.82) is 0 Å². The SMILES string of the molecule is Cc1ccc(CNCCCNS(C)(=O)=O)c(Cl)c1. The molecule has 0 aliphatic carbocycles. The number of hydrogen-bond donors (Lipinski definition) is 2. The molecule has 102 valence electrons. The van der Waals surface area contributed by atoms with Crippen molar-refractivity contribution in [3.63, 3.8) is 0 Å². The first-order valence-corrected chi connectivity index (χ1v) is 8.06. The van der Waals surface area contributed by atoms with Crippen LogP contribution in [0.25, 0.3) is 0 Å². The Labute approximate surface area is 114 Å². The zero-order valence-corrected chi connectivity index (χ0v) is 12.2. The van der Waals surface area contributed by atoms with Crippen molar-refractivity contribution in [2.24, 2.45) is 0 Å². The number of nitrogens with one attached hydrogen (secondary N) is 2. The summed E-state index contributed by atoms with van der Waals surface area (Å²) in [6.45, 7) is 3.89. The van der Waals surface area contributed by atoms with E-state index in [2.05, 4.69) is 10.0 Å². The van der Waals surface area contributed by atoms with E-state index in [0.29, 0.717) is 13.1 Å². The standard InChI is InChI=1S/C12H19ClN2O2S/c1-10-4-5-11(12(13)8-10)9-14-6-3-7-15-18(2,16)17/h4-5,8,14-15H,3,6-7,9H2,1-2H3. The van der Waals surface area contributed by atoms with Gasteiger partial charge in [0.2, 0.25) is 10.0 Å². The summed E-state index contributed by atoms with van der Waals surface area (Å²) in [5.74, 6) is 0. The van der Waals surface area contributed by atoms with Crippen LogP contribution in [-0.2, 0) is 16.6 Å². The van der Waals surface area contributed by atoms with Crippen LogP contribution in [0.4, 0.5) is 0 Å². The van der Waals surface area contributed by atoms with E-state index < -0.39 is 10.0 Å². The fourth-order valence-corrected chi connectivity index (χ4v) is 2.31. The van der Waals surface area contributed by atoms with E-state index in [1.54, 1.807) is 0 Å². The zero-order valence-electron chi connectivity index (χ0n) is 10.7. The Morgan fingerprint density at radius 2 is 2.00 bits per heavy atom. The molecule has 0 aromatic heterocycles. The van der Waals surface area contributed by atoms with E-state index in [1.807, 2.05) is 25.1 Å². The third-order valence-electron chi connectivity index (χ3n) is 2.42. The average molecular weight is 291 g/mol. The minimum Gasteiger partial charge on any atom is -0.313 e. The second kappa shape index (κ2) is 7.09. The summed E-state index contributed by atoms with van der Waals surface area (Å²) in [6, 6.07) is 5.96. The van der Waals surface area contributed by atoms with Gasteiger partial charge in [0.25, 0.3) is 0 Å². The van der Waals surface area contributed by atoms with E-state index in [9.17, 15) is 8.42 Å². The van der Waals surface area contributed by atoms with Gasteiger partial charge in [-0.2, -0.15) is 0 Å². The molecule has 0 spiro atoms. The molecule has 0 saturated carbocycles. The summed E-state index contributed by atoms with van der Waals surface area (Å²) < 4.78 is 24.1. The van der Waals surface area contributed by atoms with Gasteiger partial charge in [-0.3, -0.25) is 0 Å². The largest absolute Gasteiger partial charge is 0.313 e. The molecular formula is C12H19ClN2O2S. The summed E-state index contributed by atoms with van der Waals surface area (Å²) >= 11 is 6.10. The molecule has 1 aromatic carbocycles. The van der Waals surface area contributed by atoms with Crippen molar-refractivity contribution < 1.29 is 8.42 Å². The maximum atomic E-state index is 10.8. The summed E-state index contributed by atoms with van der Waals surface area (Å²) in [5.41, 5.74) is 2.19. The first kappa shape index (κ1) is 15.4. The molecule has 0 atom stereocenters. The monoisotopic (exact) mass is 290 g/mol. The number of aryl methyl sites for hydroxylation is 1. The normalized spacial score (nSPS) is 11.7. The van der Waals surface area contributed by atoms with Gasteiger partial charge in [-0.05, 0) is 37.1 Å². The summed E-state index contributed by atoms with van der Waals surface area (Å²) in [5, 5.41) is 3.99. The van der Waals surface area contributed by atoms with Crippen LogP contribution in [0.2, 0.25) is 5.02 Å². The lowest BCUT2D eigenvalue weighted by Gasteiger charge is -2.07. The quantitative estimate of drug-likeness (QED) is 0.751. The molecule has 0 bridgehead atoms. The lowest BCUT2D eigenvalue weighted by molar-refractivity contribution is 0.579. The number of rotatable bonds is 7. The van der Waals surface area contributed by atoms with Gasteiger partial charge in [-0.1, -0.05) is 23.7 Å². The predicted octanol–water partition coefficient (Wildman–Crippen LogP) is 1.68. The summed E-state index contributed by atoms with van der Waals surface area (Å²) in [7, 11) is -3.07. The number of hydrogen-bond acceptors (Lipinski definition) is 3. The van der Waals surface area contributed by atoms with Crippen LogP contribution in [0.15, 0.2) is 18.2 Å². The van der Waals surface area contributed by atoms with Crippen molar-refractivity contribution in [3.05, 3.63) is 34.3 Å². The van der Waals surface area contributed by atoms with Gasteiger partial charge in [0.1, 0.15) is 0 Å². The molecule has 0 aliphatic rings. The topological polar surface area (TPSA) is 58.2 Å². The molecule has 1 rings (SSSR count). The highest BCUT2D eigenvalue weighted by molar-refractivity contribution is 7.88. The Morgan fingerprint density at radius 1 is 1.28 bits per heavy atom. The summed E-state index contributed by atoms with van der Waals surface area (Å²) in [4.78, 5) is 0. The molecule has 0 amide bonds. The smallest absolute Gasteiger partial charge is 0.208 e. The molecule has 18 heavy (non-hydrogen) atoms. The van der Waals surface area contributed by atoms with E-state index in [0.717, 1.165) is 35.4 Å². The van der Waals surface area contributed by atoms with Gasteiger partial charge in [-0.25, -0.2) is 13.1 Å². The van der Waals surface area contributed by atoms with Crippen LogP contribution < -0.4 is 10.0 Å². The van der Waals surface area contributed by atoms with Crippen LogP contribution in [0.3, 0.4) is 0 Å². The third kappa shape index (κ3) is 6.35. The lowest BCUT2D eigenvalue weighted by Crippen LogP contribution is -2.26. The van der Waals surface area contributed by atoms with Crippen molar-refractivity contribution in [2.75, 3.05) is 19.3 Å². The van der Waals surface area contributed by atoms with Crippen molar-refractivity contribution >= 4 is 21.6 Å². The van der Waals surface area contributed by atoms with Crippen LogP contribution in [-0.4, -0.2) is 27.8 Å². The molecule has 6 heteroatoms. The van der Waals surface area contributed by atoms with Crippen LogP contribution in [0, 0.1) is 6.92 Å². The third-order valence-corrected chi connectivity index (χ3v) is 3.50. The number of benzene rings is 1. The van der Waals surface area contributed by atoms with Gasteiger partial charge in [0.15, 0.2) is 0 Å². The average Bonchev–Trinajstić information content (AvgIpc) is 2.24. The second-order valence-corrected chi connectivity index (χ2v) is 6.53. The van der Waals surface area contributed by atoms with E-state index in [4.69, 9.17) is 11.6 Å². The van der Waals surface area contributed by atoms with Gasteiger partial charge < -0.3 is 5.32 Å². The van der Waals surface area contributed by atoms with Crippen molar-refractivity contribution in [2.45, 2.75) is 19.9 Å². The zero-order chi connectivity index (χ0) is 13.6. The van der Waals surface area contributed by atoms with E-state index in [1.165, 1.54) is 0 Å². The van der Waals surface area contributed by atoms with Gasteiger partial charge in [-0.15, -0.1) is 0 Å². The summed E-state index contributed by atoms with van der Waals surface area (Å²) in [6.07, 6.45) is 1.91. The molecule has 0 heterocycles. The Balaban J connectivity index is 2.22. The fraction of sp³-hybridized carbons (Fsp3) is 0.500. The highest BCUT2D eigenvalue weighted by Gasteiger charge is 2.01. The highest BCUT2D eigenvalue weighted by atomic mass is 35.5. The maximum absolute atomic E-state index is 10.8. The van der Waals surface area contributed by atoms with Crippen LogP contribution in [0.5, 0.6) is 0 Å². The lowest BCUT2D eigenvalue weighted by atomic mass is 10.1. The van der Waals surface area contributed by atoms with Crippen LogP contribution in [0.1, 0.15) is 17.5 Å². The van der Waals surface area contributed by atoms with Crippen LogP contribution >= 0.6 is 11.6 Å².